The van der Waals surface area contributed by atoms with Gasteiger partial charge in [-0.05, 0) is 23.6 Å². The summed E-state index contributed by atoms with van der Waals surface area (Å²) in [5.74, 6) is 0.768. The third kappa shape index (κ3) is 2.44. The summed E-state index contributed by atoms with van der Waals surface area (Å²) in [7, 11) is 3.22. The van der Waals surface area contributed by atoms with Crippen LogP contribution in [0.2, 0.25) is 0 Å². The summed E-state index contributed by atoms with van der Waals surface area (Å²) >= 11 is 3.26. The maximum atomic E-state index is 5.43. The first-order valence-electron chi connectivity index (χ1n) is 5.92. The van der Waals surface area contributed by atoms with Gasteiger partial charge in [0.25, 0.3) is 0 Å². The molecule has 3 aromatic rings. The number of nitrogens with zero attached hydrogens (tertiary/aromatic N) is 2. The zero-order valence-corrected chi connectivity index (χ0v) is 12.6. The smallest absolute Gasteiger partial charge is 0.317 e. The summed E-state index contributed by atoms with van der Waals surface area (Å²) in [6.07, 6.45) is 0. The van der Waals surface area contributed by atoms with Gasteiger partial charge in [0.05, 0.1) is 29.3 Å². The van der Waals surface area contributed by atoms with Crippen molar-refractivity contribution in [3.63, 3.8) is 0 Å². The Balaban J connectivity index is 2.21. The van der Waals surface area contributed by atoms with E-state index in [-0.39, 0.29) is 0 Å². The summed E-state index contributed by atoms with van der Waals surface area (Å²) < 4.78 is 11.8. The lowest BCUT2D eigenvalue weighted by atomic mass is 10.2. The van der Waals surface area contributed by atoms with E-state index in [0.29, 0.717) is 6.01 Å². The van der Waals surface area contributed by atoms with Crippen molar-refractivity contribution in [2.24, 2.45) is 0 Å². The van der Waals surface area contributed by atoms with Gasteiger partial charge in [-0.2, -0.15) is 9.97 Å². The minimum Gasteiger partial charge on any atom is -0.496 e. The summed E-state index contributed by atoms with van der Waals surface area (Å²) in [5.41, 5.74) is 0.815. The minimum absolute atomic E-state index is 0.366. The van der Waals surface area contributed by atoms with Crippen LogP contribution >= 0.6 is 23.1 Å². The Morgan fingerprint density at radius 1 is 1.05 bits per heavy atom. The highest BCUT2D eigenvalue weighted by Crippen LogP contribution is 2.38. The van der Waals surface area contributed by atoms with Crippen LogP contribution < -0.4 is 9.47 Å². The van der Waals surface area contributed by atoms with Gasteiger partial charge in [-0.15, -0.1) is 11.3 Å². The number of ether oxygens (including phenoxy) is 2. The molecule has 0 saturated heterocycles. The molecule has 0 aliphatic carbocycles. The molecule has 0 radical (unpaired) electrons. The molecule has 0 bridgehead atoms. The maximum absolute atomic E-state index is 5.43. The first-order chi connectivity index (χ1) is 9.81. The third-order valence-electron chi connectivity index (χ3n) is 2.73. The molecule has 0 unspecified atom stereocenters. The van der Waals surface area contributed by atoms with E-state index in [0.717, 1.165) is 25.9 Å². The van der Waals surface area contributed by atoms with Crippen LogP contribution in [0.4, 0.5) is 0 Å². The van der Waals surface area contributed by atoms with E-state index in [4.69, 9.17) is 9.47 Å². The molecule has 4 nitrogen and oxygen atoms in total. The molecule has 3 rings (SSSR count). The van der Waals surface area contributed by atoms with E-state index in [1.807, 2.05) is 29.6 Å². The van der Waals surface area contributed by atoms with Gasteiger partial charge in [-0.1, -0.05) is 23.9 Å². The zero-order valence-electron chi connectivity index (χ0n) is 11.0. The second kappa shape index (κ2) is 5.68. The lowest BCUT2D eigenvalue weighted by Gasteiger charge is -2.10. The van der Waals surface area contributed by atoms with E-state index in [1.165, 1.54) is 0 Å². The summed E-state index contributed by atoms with van der Waals surface area (Å²) in [5, 5.41) is 3.79. The molecule has 6 heteroatoms. The van der Waals surface area contributed by atoms with Crippen LogP contribution in [0.5, 0.6) is 11.8 Å². The Hall–Kier alpha value is -1.79. The predicted molar refractivity (Wildman–Crippen MR) is 81.1 cm³/mol. The van der Waals surface area contributed by atoms with E-state index in [2.05, 4.69) is 16.0 Å². The van der Waals surface area contributed by atoms with Gasteiger partial charge in [0.1, 0.15) is 10.8 Å². The fourth-order valence-electron chi connectivity index (χ4n) is 1.85. The van der Waals surface area contributed by atoms with Gasteiger partial charge < -0.3 is 9.47 Å². The fourth-order valence-corrected chi connectivity index (χ4v) is 3.66. The van der Waals surface area contributed by atoms with Crippen molar-refractivity contribution in [1.29, 1.82) is 0 Å². The largest absolute Gasteiger partial charge is 0.496 e. The van der Waals surface area contributed by atoms with Crippen molar-refractivity contribution in [2.45, 2.75) is 9.24 Å². The maximum Gasteiger partial charge on any atom is 0.317 e. The highest BCUT2D eigenvalue weighted by atomic mass is 32.2. The van der Waals surface area contributed by atoms with Crippen molar-refractivity contribution >= 4 is 34.0 Å². The van der Waals surface area contributed by atoms with E-state index >= 15 is 0 Å². The molecule has 102 valence electrons. The monoisotopic (exact) mass is 304 g/mol. The molecule has 0 aliphatic rings. The second-order valence-electron chi connectivity index (χ2n) is 3.90. The average molecular weight is 304 g/mol. The van der Waals surface area contributed by atoms with Crippen LogP contribution in [0.15, 0.2) is 44.9 Å². The quantitative estimate of drug-likeness (QED) is 0.685. The minimum atomic E-state index is 0.366. The first-order valence-corrected chi connectivity index (χ1v) is 7.61. The van der Waals surface area contributed by atoms with Gasteiger partial charge in [-0.3, -0.25) is 0 Å². The molecule has 20 heavy (non-hydrogen) atoms. The molecule has 0 atom stereocenters. The van der Waals surface area contributed by atoms with Crippen molar-refractivity contribution in [3.05, 3.63) is 35.7 Å². The number of benzene rings is 1. The van der Waals surface area contributed by atoms with Crippen LogP contribution in [-0.4, -0.2) is 24.2 Å². The molecule has 0 N–H and O–H groups in total. The topological polar surface area (TPSA) is 44.2 Å². The Kier molecular flexibility index (Phi) is 3.75. The van der Waals surface area contributed by atoms with E-state index < -0.39 is 0 Å². The van der Waals surface area contributed by atoms with Gasteiger partial charge in [0.15, 0.2) is 0 Å². The molecule has 0 aliphatic heterocycles. The highest BCUT2D eigenvalue weighted by Gasteiger charge is 2.14. The summed E-state index contributed by atoms with van der Waals surface area (Å²) in [6.45, 7) is 0. The van der Waals surface area contributed by atoms with Crippen LogP contribution in [0.25, 0.3) is 10.9 Å². The van der Waals surface area contributed by atoms with Gasteiger partial charge in [0, 0.05) is 0 Å². The third-order valence-corrected chi connectivity index (χ3v) is 4.75. The van der Waals surface area contributed by atoms with Crippen LogP contribution in [0.3, 0.4) is 0 Å². The molecule has 2 aromatic heterocycles. The second-order valence-corrected chi connectivity index (χ2v) is 6.14. The Labute approximate surface area is 124 Å². The molecule has 0 spiro atoms. The van der Waals surface area contributed by atoms with Gasteiger partial charge in [-0.25, -0.2) is 0 Å². The molecule has 0 saturated carbocycles. The summed E-state index contributed by atoms with van der Waals surface area (Å²) in [6, 6.07) is 10.2. The number of methoxy groups -OCH3 is 2. The Morgan fingerprint density at radius 2 is 1.95 bits per heavy atom. The number of hydrogen-bond acceptors (Lipinski definition) is 6. The van der Waals surface area contributed by atoms with Crippen molar-refractivity contribution < 1.29 is 9.47 Å². The number of aromatic nitrogens is 2. The number of rotatable bonds is 4. The SMILES string of the molecule is COc1nc(Sc2cccs2)c2c(OC)cccc2n1. The van der Waals surface area contributed by atoms with Crippen LogP contribution in [0, 0.1) is 0 Å². The number of thiophene rings is 1. The van der Waals surface area contributed by atoms with Crippen LogP contribution in [0.1, 0.15) is 0 Å². The lowest BCUT2D eigenvalue weighted by Crippen LogP contribution is -1.96. The number of hydrogen-bond donors (Lipinski definition) is 0. The van der Waals surface area contributed by atoms with Gasteiger partial charge in [0.2, 0.25) is 0 Å². The molecular weight excluding hydrogens is 292 g/mol. The Bertz CT molecular complexity index is 729. The molecule has 2 heterocycles. The molecule has 0 fully saturated rings. The van der Waals surface area contributed by atoms with Crippen LogP contribution in [-0.2, 0) is 0 Å². The average Bonchev–Trinajstić information content (AvgIpc) is 2.99. The van der Waals surface area contributed by atoms with Crippen molar-refractivity contribution in [3.8, 4) is 11.8 Å². The zero-order chi connectivity index (χ0) is 13.9. The standard InChI is InChI=1S/C14H12N2O2S2/c1-17-10-6-3-5-9-12(10)13(16-14(15-9)18-2)20-11-7-4-8-19-11/h3-8H,1-2H3. The van der Waals surface area contributed by atoms with E-state index in [9.17, 15) is 0 Å². The molecular formula is C14H12N2O2S2. The fraction of sp³-hybridized carbons (Fsp3) is 0.143. The Morgan fingerprint density at radius 3 is 2.65 bits per heavy atom. The predicted octanol–water partition coefficient (Wildman–Crippen LogP) is 3.86. The van der Waals surface area contributed by atoms with Gasteiger partial charge >= 0.3 is 6.01 Å². The van der Waals surface area contributed by atoms with Crippen molar-refractivity contribution in [2.75, 3.05) is 14.2 Å². The van der Waals surface area contributed by atoms with E-state index in [1.54, 1.807) is 37.3 Å². The lowest BCUT2D eigenvalue weighted by molar-refractivity contribution is 0.377. The summed E-state index contributed by atoms with van der Waals surface area (Å²) in [4.78, 5) is 8.83. The number of fused-ring (bicyclic) bond motifs is 1. The normalized spacial score (nSPS) is 10.7. The first kappa shape index (κ1) is 13.2. The van der Waals surface area contributed by atoms with Crippen molar-refractivity contribution in [1.82, 2.24) is 9.97 Å². The highest BCUT2D eigenvalue weighted by molar-refractivity contribution is 8.01. The molecule has 0 amide bonds. The molecule has 1 aromatic carbocycles.